The number of benzene rings is 2. The quantitative estimate of drug-likeness (QED) is 0.384. The van der Waals surface area contributed by atoms with Gasteiger partial charge < -0.3 is 15.4 Å². The molecule has 2 heterocycles. The van der Waals surface area contributed by atoms with E-state index >= 15 is 0 Å². The van der Waals surface area contributed by atoms with Crippen LogP contribution >= 0.6 is 27.3 Å². The Hall–Kier alpha value is -2.64. The van der Waals surface area contributed by atoms with Crippen molar-refractivity contribution in [3.63, 3.8) is 0 Å². The van der Waals surface area contributed by atoms with Gasteiger partial charge in [-0.2, -0.15) is 0 Å². The smallest absolute Gasteiger partial charge is 0.344 e. The molecule has 2 N–H and O–H groups in total. The second-order valence-electron chi connectivity index (χ2n) is 7.40. The van der Waals surface area contributed by atoms with Gasteiger partial charge in [-0.25, -0.2) is 4.79 Å². The Morgan fingerprint density at radius 2 is 1.80 bits per heavy atom. The molecule has 5 rings (SSSR count). The number of thiophene rings is 1. The Bertz CT molecular complexity index is 1140. The second kappa shape index (κ2) is 7.89. The first-order valence-electron chi connectivity index (χ1n) is 9.89. The van der Waals surface area contributed by atoms with Crippen LogP contribution in [-0.4, -0.2) is 11.9 Å². The van der Waals surface area contributed by atoms with Gasteiger partial charge in [-0.15, -0.1) is 11.3 Å². The predicted molar refractivity (Wildman–Crippen MR) is 120 cm³/mol. The molecule has 0 spiro atoms. The largest absolute Gasteiger partial charge is 0.423 e. The molecule has 2 aliphatic rings. The number of anilines is 1. The Morgan fingerprint density at radius 3 is 2.60 bits per heavy atom. The van der Waals surface area contributed by atoms with Crippen LogP contribution in [0.25, 0.3) is 0 Å². The van der Waals surface area contributed by atoms with Crippen LogP contribution in [-0.2, 0) is 12.8 Å². The summed E-state index contributed by atoms with van der Waals surface area (Å²) in [5.74, 6) is 0.0135. The molecule has 1 amide bonds. The molecule has 1 aromatic heterocycles. The van der Waals surface area contributed by atoms with Crippen LogP contribution in [0.1, 0.15) is 55.7 Å². The van der Waals surface area contributed by atoms with Crippen LogP contribution < -0.4 is 15.4 Å². The Morgan fingerprint density at radius 1 is 1.03 bits per heavy atom. The minimum atomic E-state index is -0.423. The zero-order valence-corrected chi connectivity index (χ0v) is 18.4. The van der Waals surface area contributed by atoms with Crippen molar-refractivity contribution >= 4 is 44.1 Å². The maximum atomic E-state index is 12.8. The lowest BCUT2D eigenvalue weighted by Crippen LogP contribution is -2.38. The van der Waals surface area contributed by atoms with Gasteiger partial charge in [0.25, 0.3) is 5.91 Å². The van der Waals surface area contributed by atoms with Crippen LogP contribution in [0.15, 0.2) is 53.0 Å². The van der Waals surface area contributed by atoms with Gasteiger partial charge in [0.2, 0.25) is 0 Å². The number of carbonyl (C=O) groups excluding carboxylic acids is 2. The molecule has 2 aromatic carbocycles. The van der Waals surface area contributed by atoms with E-state index in [0.717, 1.165) is 35.4 Å². The predicted octanol–water partition coefficient (Wildman–Crippen LogP) is 5.46. The summed E-state index contributed by atoms with van der Waals surface area (Å²) >= 11 is 5.07. The zero-order chi connectivity index (χ0) is 20.7. The Kier molecular flexibility index (Phi) is 5.08. The first-order valence-corrected chi connectivity index (χ1v) is 11.5. The van der Waals surface area contributed by atoms with E-state index in [1.54, 1.807) is 41.7 Å². The summed E-state index contributed by atoms with van der Waals surface area (Å²) in [6.45, 7) is 0. The van der Waals surface area contributed by atoms with E-state index in [-0.39, 0.29) is 12.1 Å². The van der Waals surface area contributed by atoms with Gasteiger partial charge in [-0.05, 0) is 77.0 Å². The highest BCUT2D eigenvalue weighted by molar-refractivity contribution is 9.10. The molecule has 1 atom stereocenters. The summed E-state index contributed by atoms with van der Waals surface area (Å²) in [5, 5.41) is 7.49. The van der Waals surface area contributed by atoms with Gasteiger partial charge in [-0.1, -0.05) is 24.3 Å². The van der Waals surface area contributed by atoms with Crippen molar-refractivity contribution in [3.05, 3.63) is 80.1 Å². The monoisotopic (exact) mass is 482 g/mol. The van der Waals surface area contributed by atoms with Crippen molar-refractivity contribution in [1.29, 1.82) is 0 Å². The van der Waals surface area contributed by atoms with Gasteiger partial charge in [0.1, 0.15) is 16.9 Å². The average Bonchev–Trinajstić information content (AvgIpc) is 3.13. The van der Waals surface area contributed by atoms with E-state index in [2.05, 4.69) is 26.6 Å². The SMILES string of the molecule is O=C(Oc1ccc([C@H]2NC(=O)c3c(sc4c3CCCC4)N2)cc1)c1ccccc1Br. The fourth-order valence-corrected chi connectivity index (χ4v) is 5.72. The molecule has 7 heteroatoms. The van der Waals surface area contributed by atoms with Crippen molar-refractivity contribution in [3.8, 4) is 5.75 Å². The lowest BCUT2D eigenvalue weighted by molar-refractivity contribution is 0.0733. The summed E-state index contributed by atoms with van der Waals surface area (Å²) in [6, 6.07) is 14.3. The number of aryl methyl sites for hydroxylation is 1. The third kappa shape index (κ3) is 3.52. The topological polar surface area (TPSA) is 67.4 Å². The second-order valence-corrected chi connectivity index (χ2v) is 9.36. The van der Waals surface area contributed by atoms with Crippen molar-refractivity contribution < 1.29 is 14.3 Å². The number of rotatable bonds is 3. The Balaban J connectivity index is 1.33. The molecule has 0 fully saturated rings. The maximum absolute atomic E-state index is 12.8. The minimum Gasteiger partial charge on any atom is -0.423 e. The van der Waals surface area contributed by atoms with Crippen molar-refractivity contribution in [2.45, 2.75) is 31.8 Å². The molecule has 0 unspecified atom stereocenters. The van der Waals surface area contributed by atoms with E-state index in [9.17, 15) is 9.59 Å². The summed E-state index contributed by atoms with van der Waals surface area (Å²) < 4.78 is 6.17. The lowest BCUT2D eigenvalue weighted by Gasteiger charge is -2.27. The number of carbonyl (C=O) groups is 2. The summed E-state index contributed by atoms with van der Waals surface area (Å²) in [4.78, 5) is 26.5. The van der Waals surface area contributed by atoms with Gasteiger partial charge in [0.05, 0.1) is 11.1 Å². The number of fused-ring (bicyclic) bond motifs is 3. The van der Waals surface area contributed by atoms with Crippen LogP contribution in [0, 0.1) is 0 Å². The fourth-order valence-electron chi connectivity index (χ4n) is 3.96. The van der Waals surface area contributed by atoms with Crippen LogP contribution in [0.5, 0.6) is 5.75 Å². The van der Waals surface area contributed by atoms with Gasteiger partial charge in [0, 0.05) is 9.35 Å². The number of hydrogen-bond donors (Lipinski definition) is 2. The third-order valence-electron chi connectivity index (χ3n) is 5.47. The maximum Gasteiger partial charge on any atom is 0.344 e. The average molecular weight is 483 g/mol. The Labute approximate surface area is 186 Å². The number of esters is 1. The minimum absolute atomic E-state index is 0.0161. The number of ether oxygens (including phenoxy) is 1. The van der Waals surface area contributed by atoms with Gasteiger partial charge in [0.15, 0.2) is 0 Å². The standard InChI is InChI=1S/C23H19BrN2O3S/c24-17-7-3-1-5-15(17)23(28)29-14-11-9-13(10-12-14)20-25-21(27)19-16-6-2-4-8-18(16)30-22(19)26-20/h1,3,5,7,9-12,20,26H,2,4,6,8H2,(H,25,27)/t20-/m0/s1. The molecule has 5 nitrogen and oxygen atoms in total. The molecule has 152 valence electrons. The zero-order valence-electron chi connectivity index (χ0n) is 16.0. The highest BCUT2D eigenvalue weighted by Crippen LogP contribution is 2.41. The lowest BCUT2D eigenvalue weighted by atomic mass is 9.94. The van der Waals surface area contributed by atoms with E-state index in [1.807, 2.05) is 18.2 Å². The van der Waals surface area contributed by atoms with Crippen molar-refractivity contribution in [2.24, 2.45) is 0 Å². The van der Waals surface area contributed by atoms with Gasteiger partial charge >= 0.3 is 5.97 Å². The van der Waals surface area contributed by atoms with Crippen LogP contribution in [0.3, 0.4) is 0 Å². The van der Waals surface area contributed by atoms with Crippen molar-refractivity contribution in [2.75, 3.05) is 5.32 Å². The summed E-state index contributed by atoms with van der Waals surface area (Å²) in [7, 11) is 0. The van der Waals surface area contributed by atoms with E-state index < -0.39 is 5.97 Å². The molecule has 0 saturated heterocycles. The first kappa shape index (κ1) is 19.3. The van der Waals surface area contributed by atoms with Crippen LogP contribution in [0.4, 0.5) is 5.00 Å². The van der Waals surface area contributed by atoms with Crippen LogP contribution in [0.2, 0.25) is 0 Å². The van der Waals surface area contributed by atoms with Crippen molar-refractivity contribution in [1.82, 2.24) is 5.32 Å². The van der Waals surface area contributed by atoms with E-state index in [1.165, 1.54) is 16.9 Å². The fraction of sp³-hybridized carbons (Fsp3) is 0.217. The molecular formula is C23H19BrN2O3S. The highest BCUT2D eigenvalue weighted by atomic mass is 79.9. The number of halogens is 1. The van der Waals surface area contributed by atoms with Gasteiger partial charge in [-0.3, -0.25) is 4.79 Å². The molecule has 0 bridgehead atoms. The summed E-state index contributed by atoms with van der Waals surface area (Å²) in [5.41, 5.74) is 3.42. The highest BCUT2D eigenvalue weighted by Gasteiger charge is 2.31. The first-order chi connectivity index (χ1) is 14.6. The summed E-state index contributed by atoms with van der Waals surface area (Å²) in [6.07, 6.45) is 4.07. The molecular weight excluding hydrogens is 464 g/mol. The molecule has 3 aromatic rings. The van der Waals surface area contributed by atoms with E-state index in [0.29, 0.717) is 15.8 Å². The molecule has 0 radical (unpaired) electrons. The number of hydrogen-bond acceptors (Lipinski definition) is 5. The number of nitrogens with one attached hydrogen (secondary N) is 2. The molecule has 1 aliphatic heterocycles. The number of amides is 1. The molecule has 0 saturated carbocycles. The third-order valence-corrected chi connectivity index (χ3v) is 7.38. The normalized spacial score (nSPS) is 17.4. The van der Waals surface area contributed by atoms with E-state index in [4.69, 9.17) is 4.74 Å². The molecule has 30 heavy (non-hydrogen) atoms. The molecule has 1 aliphatic carbocycles.